The number of thiazole rings is 1. The Morgan fingerprint density at radius 2 is 2.20 bits per heavy atom. The Balaban J connectivity index is 1.43. The molecule has 2 atom stereocenters. The highest BCUT2D eigenvalue weighted by atomic mass is 35.5. The van der Waals surface area contributed by atoms with Crippen LogP contribution in [0, 0.1) is 0 Å². The molecular formula is C19H17ClN6O3S. The Bertz CT molecular complexity index is 1210. The fourth-order valence-electron chi connectivity index (χ4n) is 3.44. The number of benzene rings is 1. The fourth-order valence-corrected chi connectivity index (χ4v) is 4.47. The molecular weight excluding hydrogens is 428 g/mol. The molecule has 0 aliphatic carbocycles. The van der Waals surface area contributed by atoms with Crippen molar-refractivity contribution in [2.24, 2.45) is 0 Å². The van der Waals surface area contributed by atoms with Gasteiger partial charge in [0.25, 0.3) is 0 Å². The molecule has 0 amide bonds. The van der Waals surface area contributed by atoms with Crippen LogP contribution in [0.5, 0.6) is 0 Å². The van der Waals surface area contributed by atoms with Crippen LogP contribution in [0.3, 0.4) is 0 Å². The largest absolute Gasteiger partial charge is 0.463 e. The highest BCUT2D eigenvalue weighted by Crippen LogP contribution is 2.34. The number of esters is 1. The van der Waals surface area contributed by atoms with E-state index in [1.807, 2.05) is 28.8 Å². The summed E-state index contributed by atoms with van der Waals surface area (Å²) in [5.74, 6) is 0.164. The second-order valence-corrected chi connectivity index (χ2v) is 8.24. The van der Waals surface area contributed by atoms with Crippen LogP contribution in [0.2, 0.25) is 5.28 Å². The number of nitrogens with one attached hydrogen (secondary N) is 1. The van der Waals surface area contributed by atoms with Gasteiger partial charge in [-0.15, -0.1) is 0 Å². The molecule has 0 spiro atoms. The van der Waals surface area contributed by atoms with Gasteiger partial charge in [0.2, 0.25) is 5.28 Å². The lowest BCUT2D eigenvalue weighted by Crippen LogP contribution is -2.18. The zero-order valence-corrected chi connectivity index (χ0v) is 17.5. The van der Waals surface area contributed by atoms with Crippen molar-refractivity contribution in [2.75, 3.05) is 11.9 Å². The zero-order chi connectivity index (χ0) is 20.7. The summed E-state index contributed by atoms with van der Waals surface area (Å²) in [7, 11) is 0. The number of ether oxygens (including phenoxy) is 2. The molecule has 0 radical (unpaired) electrons. The predicted molar refractivity (Wildman–Crippen MR) is 113 cm³/mol. The minimum Gasteiger partial charge on any atom is -0.463 e. The Morgan fingerprint density at radius 3 is 3.03 bits per heavy atom. The zero-order valence-electron chi connectivity index (χ0n) is 15.9. The molecule has 1 saturated heterocycles. The normalized spacial score (nSPS) is 18.9. The Hall–Kier alpha value is -2.82. The van der Waals surface area contributed by atoms with E-state index in [0.29, 0.717) is 22.1 Å². The molecule has 3 aromatic heterocycles. The number of carbonyl (C=O) groups is 1. The summed E-state index contributed by atoms with van der Waals surface area (Å²) < 4.78 is 14.0. The number of halogens is 1. The first-order chi connectivity index (χ1) is 14.6. The van der Waals surface area contributed by atoms with E-state index in [-0.39, 0.29) is 30.2 Å². The van der Waals surface area contributed by atoms with Crippen molar-refractivity contribution < 1.29 is 14.3 Å². The fraction of sp³-hybridized carbons (Fsp3) is 0.316. The molecule has 1 aliphatic rings. The lowest BCUT2D eigenvalue weighted by Gasteiger charge is -2.15. The van der Waals surface area contributed by atoms with Gasteiger partial charge in [-0.05, 0) is 36.6 Å². The maximum atomic E-state index is 11.0. The second-order valence-electron chi connectivity index (χ2n) is 6.87. The number of fused-ring (bicyclic) bond motifs is 2. The molecule has 1 fully saturated rings. The first kappa shape index (κ1) is 19.2. The van der Waals surface area contributed by atoms with E-state index in [0.717, 1.165) is 23.1 Å². The number of rotatable bonds is 5. The first-order valence-corrected chi connectivity index (χ1v) is 10.6. The lowest BCUT2D eigenvalue weighted by molar-refractivity contribution is -0.145. The standard InChI is InChI=1S/C19H17ClN6O3S/c1-10(27)28-8-11-6-7-14(29-11)26-9-21-15-16(23-18(20)25-17(15)26)24-19-22-12-4-2-3-5-13(12)30-19/h2-5,9,11,14H,6-8H2,1H3,(H,22,23,24,25). The average Bonchev–Trinajstić information content (AvgIpc) is 3.43. The molecule has 11 heteroatoms. The van der Waals surface area contributed by atoms with Gasteiger partial charge in [0, 0.05) is 6.92 Å². The van der Waals surface area contributed by atoms with Crippen LogP contribution in [-0.2, 0) is 14.3 Å². The number of anilines is 2. The van der Waals surface area contributed by atoms with Gasteiger partial charge in [-0.3, -0.25) is 9.36 Å². The summed E-state index contributed by atoms with van der Waals surface area (Å²) in [6.07, 6.45) is 2.76. The van der Waals surface area contributed by atoms with E-state index in [9.17, 15) is 4.79 Å². The molecule has 9 nitrogen and oxygen atoms in total. The molecule has 1 N–H and O–H groups in total. The highest BCUT2D eigenvalue weighted by Gasteiger charge is 2.29. The van der Waals surface area contributed by atoms with E-state index >= 15 is 0 Å². The van der Waals surface area contributed by atoms with Crippen molar-refractivity contribution in [3.63, 3.8) is 0 Å². The van der Waals surface area contributed by atoms with E-state index in [2.05, 4.69) is 25.3 Å². The van der Waals surface area contributed by atoms with Crippen LogP contribution in [-0.4, -0.2) is 43.2 Å². The SMILES string of the molecule is CC(=O)OCC1CCC(n2cnc3c(Nc4nc5ccccc5s4)nc(Cl)nc32)O1. The lowest BCUT2D eigenvalue weighted by atomic mass is 10.2. The molecule has 1 aromatic carbocycles. The minimum absolute atomic E-state index is 0.0994. The average molecular weight is 445 g/mol. The molecule has 0 bridgehead atoms. The molecule has 154 valence electrons. The van der Waals surface area contributed by atoms with E-state index < -0.39 is 0 Å². The van der Waals surface area contributed by atoms with Crippen molar-refractivity contribution in [1.29, 1.82) is 0 Å². The van der Waals surface area contributed by atoms with Gasteiger partial charge in [0.1, 0.15) is 12.8 Å². The monoisotopic (exact) mass is 444 g/mol. The van der Waals surface area contributed by atoms with Crippen molar-refractivity contribution >= 4 is 61.2 Å². The highest BCUT2D eigenvalue weighted by molar-refractivity contribution is 7.22. The molecule has 2 unspecified atom stereocenters. The van der Waals surface area contributed by atoms with Crippen molar-refractivity contribution in [1.82, 2.24) is 24.5 Å². The minimum atomic E-state index is -0.319. The Morgan fingerprint density at radius 1 is 1.33 bits per heavy atom. The van der Waals surface area contributed by atoms with Gasteiger partial charge in [-0.1, -0.05) is 23.5 Å². The van der Waals surface area contributed by atoms with Gasteiger partial charge in [-0.25, -0.2) is 9.97 Å². The number of hydrogen-bond donors (Lipinski definition) is 1. The third-order valence-electron chi connectivity index (χ3n) is 4.78. The quantitative estimate of drug-likeness (QED) is 0.363. The van der Waals surface area contributed by atoms with Crippen LogP contribution < -0.4 is 5.32 Å². The van der Waals surface area contributed by atoms with Crippen molar-refractivity contribution in [2.45, 2.75) is 32.1 Å². The molecule has 30 heavy (non-hydrogen) atoms. The summed E-state index contributed by atoms with van der Waals surface area (Å²) in [4.78, 5) is 28.8. The Kier molecular flexibility index (Phi) is 4.97. The van der Waals surface area contributed by atoms with Crippen LogP contribution >= 0.6 is 22.9 Å². The van der Waals surface area contributed by atoms with Gasteiger partial charge >= 0.3 is 5.97 Å². The number of carbonyl (C=O) groups excluding carboxylic acids is 1. The van der Waals surface area contributed by atoms with E-state index in [1.54, 1.807) is 6.33 Å². The molecule has 1 aliphatic heterocycles. The third kappa shape index (κ3) is 3.69. The van der Waals surface area contributed by atoms with Crippen molar-refractivity contribution in [3.8, 4) is 0 Å². The van der Waals surface area contributed by atoms with Gasteiger partial charge in [0.05, 0.1) is 22.6 Å². The molecule has 4 heterocycles. The van der Waals surface area contributed by atoms with Gasteiger partial charge < -0.3 is 14.8 Å². The second kappa shape index (κ2) is 7.78. The van der Waals surface area contributed by atoms with Crippen LogP contribution in [0.1, 0.15) is 26.0 Å². The Labute approximate surface area is 180 Å². The first-order valence-electron chi connectivity index (χ1n) is 9.38. The smallest absolute Gasteiger partial charge is 0.302 e. The van der Waals surface area contributed by atoms with Crippen LogP contribution in [0.15, 0.2) is 30.6 Å². The van der Waals surface area contributed by atoms with Gasteiger partial charge in [0.15, 0.2) is 22.1 Å². The summed E-state index contributed by atoms with van der Waals surface area (Å²) in [5.41, 5.74) is 2.05. The van der Waals surface area contributed by atoms with Crippen molar-refractivity contribution in [3.05, 3.63) is 35.9 Å². The number of aromatic nitrogens is 5. The predicted octanol–water partition coefficient (Wildman–Crippen LogP) is 4.07. The van der Waals surface area contributed by atoms with E-state index in [4.69, 9.17) is 21.1 Å². The van der Waals surface area contributed by atoms with E-state index in [1.165, 1.54) is 18.3 Å². The summed E-state index contributed by atoms with van der Waals surface area (Å²) in [6, 6.07) is 7.89. The number of para-hydroxylation sites is 1. The number of nitrogens with zero attached hydrogens (tertiary/aromatic N) is 5. The summed E-state index contributed by atoms with van der Waals surface area (Å²) in [6.45, 7) is 1.62. The van der Waals surface area contributed by atoms with Crippen LogP contribution in [0.25, 0.3) is 21.4 Å². The number of imidazole rings is 1. The molecule has 5 rings (SSSR count). The maximum absolute atomic E-state index is 11.0. The van der Waals surface area contributed by atoms with Crippen LogP contribution in [0.4, 0.5) is 10.9 Å². The topological polar surface area (TPSA) is 104 Å². The summed E-state index contributed by atoms with van der Waals surface area (Å²) >= 11 is 7.72. The van der Waals surface area contributed by atoms with Gasteiger partial charge in [-0.2, -0.15) is 9.97 Å². The third-order valence-corrected chi connectivity index (χ3v) is 5.90. The summed E-state index contributed by atoms with van der Waals surface area (Å²) in [5, 5.41) is 4.01. The molecule has 0 saturated carbocycles. The molecule has 4 aromatic rings. The maximum Gasteiger partial charge on any atom is 0.302 e. The number of hydrogen-bond acceptors (Lipinski definition) is 9.